The molecule has 0 spiro atoms. The predicted octanol–water partition coefficient (Wildman–Crippen LogP) is -3.02. The zero-order valence-corrected chi connectivity index (χ0v) is 10.4. The van der Waals surface area contributed by atoms with Gasteiger partial charge in [0.2, 0.25) is 11.9 Å². The second kappa shape index (κ2) is 5.34. The maximum atomic E-state index is 10.8. The molecular weight excluding hydrogens is 292 g/mol. The van der Waals surface area contributed by atoms with E-state index in [1.165, 1.54) is 0 Å². The van der Waals surface area contributed by atoms with E-state index < -0.39 is 45.6 Å². The summed E-state index contributed by atoms with van der Waals surface area (Å²) in [7, 11) is -9.72. The van der Waals surface area contributed by atoms with E-state index in [2.05, 4.69) is 0 Å². The molecule has 0 unspecified atom stereocenters. The van der Waals surface area contributed by atoms with Gasteiger partial charge in [-0.05, 0) is 0 Å². The van der Waals surface area contributed by atoms with E-state index >= 15 is 0 Å². The summed E-state index contributed by atoms with van der Waals surface area (Å²) in [4.78, 5) is 0. The Labute approximate surface area is 103 Å². The van der Waals surface area contributed by atoms with E-state index in [-0.39, 0.29) is 8.61 Å². The van der Waals surface area contributed by atoms with Crippen LogP contribution in [0.4, 0.5) is 0 Å². The van der Waals surface area contributed by atoms with Gasteiger partial charge in [0.15, 0.2) is 0 Å². The smallest absolute Gasteiger partial charge is 0.362 e. The summed E-state index contributed by atoms with van der Waals surface area (Å²) < 4.78 is 60.2. The van der Waals surface area contributed by atoms with E-state index in [0.29, 0.717) is 0 Å². The van der Waals surface area contributed by atoms with Crippen LogP contribution in [0.15, 0.2) is 0 Å². The normalized spacial score (nSPS) is 11.9. The Morgan fingerprint density at radius 1 is 0.889 bits per heavy atom. The van der Waals surface area contributed by atoms with E-state index in [0.717, 1.165) is 0 Å². The quantitative estimate of drug-likeness (QED) is 0.174. The summed E-state index contributed by atoms with van der Waals surface area (Å²) in [6.07, 6.45) is 0. The molecule has 0 rings (SSSR count). The fourth-order valence-electron chi connectivity index (χ4n) is 0.902. The summed E-state index contributed by atoms with van der Waals surface area (Å²) in [5.41, 5.74) is 9.70. The number of hydrogen-bond acceptors (Lipinski definition) is 6. The SMILES string of the molecule is N=C(N)N(CCN(C(=N)N)S(=O)(=O)O)S(=O)(=O)O. The van der Waals surface area contributed by atoms with Crippen LogP contribution in [-0.2, 0) is 20.6 Å². The van der Waals surface area contributed by atoms with Gasteiger partial charge in [0.05, 0.1) is 13.1 Å². The van der Waals surface area contributed by atoms with E-state index in [9.17, 15) is 16.8 Å². The highest BCUT2D eigenvalue weighted by molar-refractivity contribution is 7.84. The van der Waals surface area contributed by atoms with Crippen LogP contribution in [0.1, 0.15) is 0 Å². The van der Waals surface area contributed by atoms with Crippen LogP contribution in [0, 0.1) is 10.8 Å². The monoisotopic (exact) mass is 304 g/mol. The summed E-state index contributed by atoms with van der Waals surface area (Å²) >= 11 is 0. The lowest BCUT2D eigenvalue weighted by molar-refractivity contribution is 0.383. The van der Waals surface area contributed by atoms with Crippen molar-refractivity contribution in [3.05, 3.63) is 0 Å². The van der Waals surface area contributed by atoms with Crippen molar-refractivity contribution in [3.8, 4) is 0 Å². The largest absolute Gasteiger partial charge is 0.369 e. The summed E-state index contributed by atoms with van der Waals surface area (Å²) in [6.45, 7) is -1.62. The molecule has 0 aromatic rings. The maximum Gasteiger partial charge on any atom is 0.362 e. The van der Waals surface area contributed by atoms with Crippen molar-refractivity contribution in [2.75, 3.05) is 13.1 Å². The minimum atomic E-state index is -4.86. The van der Waals surface area contributed by atoms with Crippen molar-refractivity contribution in [2.24, 2.45) is 11.5 Å². The van der Waals surface area contributed by atoms with Gasteiger partial charge in [-0.2, -0.15) is 16.8 Å². The third kappa shape index (κ3) is 4.70. The predicted molar refractivity (Wildman–Crippen MR) is 60.3 cm³/mol. The lowest BCUT2D eigenvalue weighted by Gasteiger charge is -2.23. The van der Waals surface area contributed by atoms with Gasteiger partial charge in [0, 0.05) is 0 Å². The maximum absolute atomic E-state index is 10.8. The van der Waals surface area contributed by atoms with Crippen molar-refractivity contribution < 1.29 is 25.9 Å². The second-order valence-electron chi connectivity index (χ2n) is 2.87. The van der Waals surface area contributed by atoms with Gasteiger partial charge in [0.1, 0.15) is 0 Å². The van der Waals surface area contributed by atoms with Crippen LogP contribution in [-0.4, -0.2) is 59.6 Å². The minimum Gasteiger partial charge on any atom is -0.369 e. The molecule has 0 bridgehead atoms. The number of hydrogen-bond donors (Lipinski definition) is 6. The highest BCUT2D eigenvalue weighted by Gasteiger charge is 2.26. The fourth-order valence-corrected chi connectivity index (χ4v) is 2.02. The van der Waals surface area contributed by atoms with Crippen molar-refractivity contribution in [1.82, 2.24) is 8.61 Å². The fraction of sp³-hybridized carbons (Fsp3) is 0.500. The third-order valence-corrected chi connectivity index (χ3v) is 3.47. The van der Waals surface area contributed by atoms with Crippen LogP contribution >= 0.6 is 0 Å². The van der Waals surface area contributed by atoms with Gasteiger partial charge in [-0.15, -0.1) is 0 Å². The van der Waals surface area contributed by atoms with Crippen LogP contribution in [0.2, 0.25) is 0 Å². The number of nitrogens with zero attached hydrogens (tertiary/aromatic N) is 2. The molecule has 0 aliphatic rings. The van der Waals surface area contributed by atoms with E-state index in [4.69, 9.17) is 31.4 Å². The molecule has 0 aromatic heterocycles. The van der Waals surface area contributed by atoms with Gasteiger partial charge >= 0.3 is 20.6 Å². The molecule has 0 aromatic carbocycles. The first kappa shape index (κ1) is 16.4. The second-order valence-corrected chi connectivity index (χ2v) is 5.54. The standard InChI is InChI=1S/C4H12N6O6S2/c5-3(6)9(17(11,12)13)1-2-10(4(7)8)18(14,15)16/h1-2H2,(H3,5,6)(H3,7,8)(H,11,12,13)(H,14,15,16). The summed E-state index contributed by atoms with van der Waals surface area (Å²) in [6, 6.07) is 0. The highest BCUT2D eigenvalue weighted by atomic mass is 32.2. The number of guanidine groups is 2. The zero-order chi connectivity index (χ0) is 14.7. The first-order valence-electron chi connectivity index (χ1n) is 4.05. The minimum absolute atomic E-state index is 0.0475. The molecule has 0 radical (unpaired) electrons. The van der Waals surface area contributed by atoms with Gasteiger partial charge in [-0.25, -0.2) is 8.61 Å². The van der Waals surface area contributed by atoms with Gasteiger partial charge in [-0.1, -0.05) is 0 Å². The molecule has 106 valence electrons. The Balaban J connectivity index is 5.02. The lowest BCUT2D eigenvalue weighted by Crippen LogP contribution is -2.49. The van der Waals surface area contributed by atoms with Crippen LogP contribution < -0.4 is 11.5 Å². The first-order valence-corrected chi connectivity index (χ1v) is 6.85. The molecule has 0 saturated heterocycles. The van der Waals surface area contributed by atoms with Crippen molar-refractivity contribution in [2.45, 2.75) is 0 Å². The van der Waals surface area contributed by atoms with E-state index in [1.54, 1.807) is 0 Å². The molecule has 0 fully saturated rings. The molecule has 0 atom stereocenters. The Bertz CT molecular complexity index is 488. The molecule has 0 saturated carbocycles. The molecule has 0 amide bonds. The molecule has 0 aliphatic heterocycles. The van der Waals surface area contributed by atoms with Gasteiger partial charge < -0.3 is 11.5 Å². The lowest BCUT2D eigenvalue weighted by atomic mass is 10.6. The molecular formula is C4H12N6O6S2. The summed E-state index contributed by atoms with van der Waals surface area (Å²) in [5.74, 6) is -2.15. The van der Waals surface area contributed by atoms with Gasteiger partial charge in [-0.3, -0.25) is 19.9 Å². The molecule has 14 heteroatoms. The average molecular weight is 304 g/mol. The topological polar surface area (TPSA) is 215 Å². The Kier molecular flexibility index (Phi) is 4.85. The Morgan fingerprint density at radius 2 is 1.11 bits per heavy atom. The third-order valence-electron chi connectivity index (χ3n) is 1.60. The summed E-state index contributed by atoms with van der Waals surface area (Å²) in [5, 5.41) is 13.7. The van der Waals surface area contributed by atoms with Gasteiger partial charge in [0.25, 0.3) is 0 Å². The molecule has 0 aliphatic carbocycles. The molecule has 12 nitrogen and oxygen atoms in total. The van der Waals surface area contributed by atoms with Crippen molar-refractivity contribution in [3.63, 3.8) is 0 Å². The van der Waals surface area contributed by atoms with Crippen LogP contribution in [0.5, 0.6) is 0 Å². The highest BCUT2D eigenvalue weighted by Crippen LogP contribution is 2.01. The van der Waals surface area contributed by atoms with E-state index in [1.807, 2.05) is 0 Å². The molecule has 0 heterocycles. The van der Waals surface area contributed by atoms with Crippen LogP contribution in [0.3, 0.4) is 0 Å². The molecule has 8 N–H and O–H groups in total. The van der Waals surface area contributed by atoms with Crippen molar-refractivity contribution >= 4 is 32.5 Å². The van der Waals surface area contributed by atoms with Crippen molar-refractivity contribution in [1.29, 1.82) is 10.8 Å². The Hall–Kier alpha value is -1.64. The zero-order valence-electron chi connectivity index (χ0n) is 8.81. The number of nitrogens with one attached hydrogen (secondary N) is 2. The Morgan fingerprint density at radius 3 is 1.22 bits per heavy atom. The average Bonchev–Trinajstić information content (AvgIpc) is 2.05. The van der Waals surface area contributed by atoms with Crippen LogP contribution in [0.25, 0.3) is 0 Å². The number of rotatable bonds is 5. The number of nitrogens with two attached hydrogens (primary N) is 2. The first-order chi connectivity index (χ1) is 7.87. The molecule has 18 heavy (non-hydrogen) atoms.